The van der Waals surface area contributed by atoms with Crippen molar-refractivity contribution < 1.29 is 18.3 Å². The first-order valence-corrected chi connectivity index (χ1v) is 6.40. The van der Waals surface area contributed by atoms with E-state index < -0.39 is 11.7 Å². The van der Waals surface area contributed by atoms with Gasteiger partial charge in [0.1, 0.15) is 5.75 Å². The summed E-state index contributed by atoms with van der Waals surface area (Å²) in [6.07, 6.45) is -3.11. The van der Waals surface area contributed by atoms with E-state index in [1.807, 2.05) is 0 Å². The minimum absolute atomic E-state index is 0.0361. The van der Waals surface area contributed by atoms with Crippen LogP contribution in [0.25, 0.3) is 0 Å². The van der Waals surface area contributed by atoms with E-state index in [-0.39, 0.29) is 12.3 Å². The van der Waals surface area contributed by atoms with Crippen molar-refractivity contribution in [2.75, 3.05) is 5.32 Å². The second-order valence-corrected chi connectivity index (χ2v) is 4.91. The van der Waals surface area contributed by atoms with Gasteiger partial charge in [0.15, 0.2) is 0 Å². The monoisotopic (exact) mass is 346 g/mol. The summed E-state index contributed by atoms with van der Waals surface area (Å²) in [7, 11) is 0. The Hall–Kier alpha value is -1.76. The predicted octanol–water partition coefficient (Wildman–Crippen LogP) is 4.18. The Morgan fingerprint density at radius 3 is 2.55 bits per heavy atom. The van der Waals surface area contributed by atoms with Gasteiger partial charge in [-0.25, -0.2) is 0 Å². The highest BCUT2D eigenvalue weighted by Crippen LogP contribution is 2.34. The van der Waals surface area contributed by atoms with Gasteiger partial charge in [-0.2, -0.15) is 13.2 Å². The van der Waals surface area contributed by atoms with Crippen LogP contribution in [-0.4, -0.2) is 10.1 Å². The molecule has 0 unspecified atom stereocenters. The molecule has 3 nitrogen and oxygen atoms in total. The zero-order valence-electron chi connectivity index (χ0n) is 10.1. The number of anilines is 1. The number of aromatic nitrogens is 1. The van der Waals surface area contributed by atoms with Gasteiger partial charge >= 0.3 is 6.18 Å². The lowest BCUT2D eigenvalue weighted by atomic mass is 10.2. The molecule has 0 saturated heterocycles. The van der Waals surface area contributed by atoms with Crippen molar-refractivity contribution in [3.63, 3.8) is 0 Å². The molecule has 1 aromatic carbocycles. The van der Waals surface area contributed by atoms with E-state index >= 15 is 0 Å². The molecular weight excluding hydrogens is 337 g/mol. The zero-order valence-corrected chi connectivity index (χ0v) is 11.7. The molecule has 0 aliphatic heterocycles. The summed E-state index contributed by atoms with van der Waals surface area (Å²) in [5.41, 5.74) is 0.212. The number of aromatic hydroxyl groups is 1. The van der Waals surface area contributed by atoms with Crippen molar-refractivity contribution in [1.29, 1.82) is 0 Å². The van der Waals surface area contributed by atoms with Crippen molar-refractivity contribution in [1.82, 2.24) is 4.98 Å². The molecule has 20 heavy (non-hydrogen) atoms. The lowest BCUT2D eigenvalue weighted by molar-refractivity contribution is -0.137. The highest BCUT2D eigenvalue weighted by molar-refractivity contribution is 9.10. The molecule has 0 aliphatic rings. The summed E-state index contributed by atoms with van der Waals surface area (Å²) in [4.78, 5) is 3.94. The van der Waals surface area contributed by atoms with Crippen LogP contribution in [0.15, 0.2) is 41.0 Å². The van der Waals surface area contributed by atoms with Gasteiger partial charge in [0, 0.05) is 10.2 Å². The number of benzene rings is 1. The van der Waals surface area contributed by atoms with E-state index in [2.05, 4.69) is 26.2 Å². The maximum absolute atomic E-state index is 12.6. The van der Waals surface area contributed by atoms with Gasteiger partial charge in [-0.3, -0.25) is 4.98 Å². The van der Waals surface area contributed by atoms with Crippen molar-refractivity contribution in [3.8, 4) is 5.75 Å². The second kappa shape index (κ2) is 5.70. The molecule has 0 bridgehead atoms. The highest BCUT2D eigenvalue weighted by Gasteiger charge is 2.30. The summed E-state index contributed by atoms with van der Waals surface area (Å²) < 4.78 is 38.4. The van der Waals surface area contributed by atoms with Crippen molar-refractivity contribution in [3.05, 3.63) is 52.3 Å². The molecule has 0 fully saturated rings. The number of rotatable bonds is 3. The van der Waals surface area contributed by atoms with E-state index in [0.717, 1.165) is 12.1 Å². The van der Waals surface area contributed by atoms with Crippen LogP contribution < -0.4 is 5.32 Å². The minimum atomic E-state index is -4.38. The normalized spacial score (nSPS) is 11.4. The molecule has 2 N–H and O–H groups in total. The Morgan fingerprint density at radius 1 is 1.20 bits per heavy atom. The van der Waals surface area contributed by atoms with Crippen LogP contribution in [0.5, 0.6) is 5.75 Å². The van der Waals surface area contributed by atoms with E-state index in [1.54, 1.807) is 6.07 Å². The molecule has 1 aromatic heterocycles. The summed E-state index contributed by atoms with van der Waals surface area (Å²) >= 11 is 3.19. The molecule has 106 valence electrons. The van der Waals surface area contributed by atoms with Gasteiger partial charge in [0.05, 0.1) is 24.0 Å². The van der Waals surface area contributed by atoms with Crippen molar-refractivity contribution >= 4 is 21.6 Å². The summed E-state index contributed by atoms with van der Waals surface area (Å²) in [5, 5.41) is 12.0. The van der Waals surface area contributed by atoms with E-state index in [4.69, 9.17) is 5.11 Å². The largest absolute Gasteiger partial charge is 0.506 e. The van der Waals surface area contributed by atoms with Gasteiger partial charge in [0.2, 0.25) is 0 Å². The molecule has 0 spiro atoms. The number of hydrogen-bond acceptors (Lipinski definition) is 3. The molecule has 0 saturated carbocycles. The molecule has 0 radical (unpaired) electrons. The highest BCUT2D eigenvalue weighted by atomic mass is 79.9. The molecule has 2 rings (SSSR count). The second-order valence-electron chi connectivity index (χ2n) is 4.05. The van der Waals surface area contributed by atoms with Gasteiger partial charge < -0.3 is 10.4 Å². The average molecular weight is 347 g/mol. The third-order valence-corrected chi connectivity index (χ3v) is 3.25. The smallest absolute Gasteiger partial charge is 0.416 e. The number of nitrogens with zero attached hydrogens (tertiary/aromatic N) is 1. The number of nitrogens with one attached hydrogen (secondary N) is 1. The minimum Gasteiger partial charge on any atom is -0.506 e. The number of pyridine rings is 1. The van der Waals surface area contributed by atoms with Crippen LogP contribution in [0.4, 0.5) is 18.9 Å². The first-order valence-electron chi connectivity index (χ1n) is 5.61. The van der Waals surface area contributed by atoms with Crippen LogP contribution in [0.3, 0.4) is 0 Å². The fourth-order valence-electron chi connectivity index (χ4n) is 1.54. The Morgan fingerprint density at radius 2 is 1.95 bits per heavy atom. The maximum atomic E-state index is 12.6. The molecular formula is C13H10BrF3N2O. The quantitative estimate of drug-likeness (QED) is 0.876. The zero-order chi connectivity index (χ0) is 14.8. The van der Waals surface area contributed by atoms with E-state index in [1.165, 1.54) is 18.3 Å². The van der Waals surface area contributed by atoms with Crippen molar-refractivity contribution in [2.24, 2.45) is 0 Å². The first kappa shape index (κ1) is 14.6. The SMILES string of the molecule is Oc1ccc(CNc2cc(C(F)(F)F)ccc2Br)nc1. The van der Waals surface area contributed by atoms with E-state index in [9.17, 15) is 13.2 Å². The Labute approximate surface area is 121 Å². The summed E-state index contributed by atoms with van der Waals surface area (Å²) in [5.74, 6) is 0.0361. The van der Waals surface area contributed by atoms with Gasteiger partial charge in [-0.05, 0) is 46.3 Å². The number of halogens is 4. The molecule has 1 heterocycles. The molecule has 7 heteroatoms. The summed E-state index contributed by atoms with van der Waals surface area (Å²) in [6.45, 7) is 0.250. The third-order valence-electron chi connectivity index (χ3n) is 2.56. The number of hydrogen-bond donors (Lipinski definition) is 2. The predicted molar refractivity (Wildman–Crippen MR) is 72.4 cm³/mol. The fraction of sp³-hybridized carbons (Fsp3) is 0.154. The van der Waals surface area contributed by atoms with Gasteiger partial charge in [0.25, 0.3) is 0 Å². The van der Waals surface area contributed by atoms with Crippen molar-refractivity contribution in [2.45, 2.75) is 12.7 Å². The Kier molecular flexibility index (Phi) is 4.17. The lowest BCUT2D eigenvalue weighted by Crippen LogP contribution is -2.07. The Balaban J connectivity index is 2.14. The topological polar surface area (TPSA) is 45.1 Å². The summed E-state index contributed by atoms with van der Waals surface area (Å²) in [6, 6.07) is 6.43. The molecule has 2 aromatic rings. The lowest BCUT2D eigenvalue weighted by Gasteiger charge is -2.12. The fourth-order valence-corrected chi connectivity index (χ4v) is 1.93. The standard InChI is InChI=1S/C13H10BrF3N2O/c14-11-4-1-8(13(15,16)17)5-12(11)19-6-9-2-3-10(20)7-18-9/h1-5,7,19-20H,6H2. The van der Waals surface area contributed by atoms with Crippen LogP contribution in [0.1, 0.15) is 11.3 Å². The van der Waals surface area contributed by atoms with Crippen LogP contribution >= 0.6 is 15.9 Å². The van der Waals surface area contributed by atoms with Crippen LogP contribution in [0, 0.1) is 0 Å². The average Bonchev–Trinajstić information content (AvgIpc) is 2.38. The molecule has 0 atom stereocenters. The maximum Gasteiger partial charge on any atom is 0.416 e. The van der Waals surface area contributed by atoms with Crippen LogP contribution in [0.2, 0.25) is 0 Å². The third kappa shape index (κ3) is 3.63. The van der Waals surface area contributed by atoms with Crippen LogP contribution in [-0.2, 0) is 12.7 Å². The molecule has 0 amide bonds. The first-order chi connectivity index (χ1) is 9.36. The van der Waals surface area contributed by atoms with Gasteiger partial charge in [-0.1, -0.05) is 0 Å². The van der Waals surface area contributed by atoms with E-state index in [0.29, 0.717) is 15.9 Å². The molecule has 0 aliphatic carbocycles. The van der Waals surface area contributed by atoms with Gasteiger partial charge in [-0.15, -0.1) is 0 Å². The Bertz CT molecular complexity index is 600. The number of alkyl halides is 3.